The van der Waals surface area contributed by atoms with Gasteiger partial charge in [-0.3, -0.25) is 14.6 Å². The number of ether oxygens (including phenoxy) is 2. The molecule has 0 spiro atoms. The molecular weight excluding hydrogens is 588 g/mol. The molecule has 1 aromatic carbocycles. The summed E-state index contributed by atoms with van der Waals surface area (Å²) in [5.74, 6) is 2.71. The van der Waals surface area contributed by atoms with Crippen molar-refractivity contribution in [3.63, 3.8) is 0 Å². The Morgan fingerprint density at radius 1 is 1.16 bits per heavy atom. The Labute approximate surface area is 277 Å². The van der Waals surface area contributed by atoms with Gasteiger partial charge in [-0.15, -0.1) is 0 Å². The van der Waals surface area contributed by atoms with Crippen LogP contribution in [0, 0.1) is 17.8 Å². The summed E-state index contributed by atoms with van der Waals surface area (Å²) in [6.07, 6.45) is 9.63. The number of rotatable bonds is 9. The zero-order valence-corrected chi connectivity index (χ0v) is 29.0. The van der Waals surface area contributed by atoms with E-state index in [1.165, 1.54) is 32.1 Å². The molecule has 45 heavy (non-hydrogen) atoms. The molecule has 254 valence electrons. The normalized spacial score (nSPS) is 27.4. The van der Waals surface area contributed by atoms with Crippen molar-refractivity contribution < 1.29 is 26.7 Å². The van der Waals surface area contributed by atoms with Gasteiger partial charge in [-0.1, -0.05) is 44.5 Å². The number of thioether (sulfide) groups is 1. The number of likely N-dealkylation sites (tertiary alicyclic amines) is 1. The average Bonchev–Trinajstić information content (AvgIpc) is 3.46. The minimum absolute atomic E-state index is 0. The van der Waals surface area contributed by atoms with Crippen LogP contribution >= 0.6 is 11.8 Å². The van der Waals surface area contributed by atoms with Gasteiger partial charge in [0.2, 0.25) is 5.91 Å². The molecular formula is C35H58N4O5S. The van der Waals surface area contributed by atoms with E-state index in [0.29, 0.717) is 48.8 Å². The molecule has 2 heterocycles. The third-order valence-electron chi connectivity index (χ3n) is 9.30. The second-order valence-corrected chi connectivity index (χ2v) is 15.4. The fourth-order valence-corrected chi connectivity index (χ4v) is 8.04. The van der Waals surface area contributed by atoms with Crippen molar-refractivity contribution in [2.75, 3.05) is 26.2 Å². The lowest BCUT2D eigenvalue weighted by Crippen LogP contribution is -2.39. The number of alkyl carbamates (subject to hydrolysis) is 1. The highest BCUT2D eigenvalue weighted by Crippen LogP contribution is 2.45. The van der Waals surface area contributed by atoms with Gasteiger partial charge in [-0.05, 0) is 109 Å². The molecule has 2 saturated carbocycles. The van der Waals surface area contributed by atoms with Crippen LogP contribution in [0.15, 0.2) is 29.3 Å². The lowest BCUT2D eigenvalue weighted by molar-refractivity contribution is -0.121. The summed E-state index contributed by atoms with van der Waals surface area (Å²) >= 11 is 1.63. The monoisotopic (exact) mass is 646 g/mol. The number of piperidine rings is 1. The summed E-state index contributed by atoms with van der Waals surface area (Å²) in [5.41, 5.74) is 0.0469. The zero-order valence-electron chi connectivity index (χ0n) is 28.2. The minimum atomic E-state index is -0.551. The Morgan fingerprint density at radius 2 is 1.91 bits per heavy atom. The van der Waals surface area contributed by atoms with Gasteiger partial charge in [0.05, 0.1) is 17.3 Å². The lowest BCUT2D eigenvalue weighted by Gasteiger charge is -2.33. The maximum absolute atomic E-state index is 13.2. The highest BCUT2D eigenvalue weighted by molar-refractivity contribution is 8.16. The molecule has 2 aliphatic carbocycles. The predicted molar refractivity (Wildman–Crippen MR) is 185 cm³/mol. The van der Waals surface area contributed by atoms with E-state index in [9.17, 15) is 14.4 Å². The Balaban J connectivity index is 0.00000188. The summed E-state index contributed by atoms with van der Waals surface area (Å²) in [7, 11) is 0. The standard InChI is InChI=1S/C33H48N4O5S.C2H6.2H2/c1-32(2,3)42-31(40)34-15-18-41-26-10-6-9-25(21-26)28(38)37-16-12-22(13-17-37)11-14-33(4)29(39)36-30(43-33)35-27-20-23-7-5-8-24(27)19-23;1-2;;/h6,9-10,21-24,27H,5,7-8,11-20H2,1-4H3,(H,34,40)(H,35,36,39);1-2H3;2*1H/t23?,24?,27-,33?;;;/m0.../s1. The average molecular weight is 647 g/mol. The van der Waals surface area contributed by atoms with Gasteiger partial charge in [0.1, 0.15) is 18.0 Å². The van der Waals surface area contributed by atoms with Crippen molar-refractivity contribution >= 4 is 34.8 Å². The van der Waals surface area contributed by atoms with Crippen LogP contribution in [0.4, 0.5) is 4.79 Å². The second kappa shape index (κ2) is 15.7. The van der Waals surface area contributed by atoms with Gasteiger partial charge in [0.15, 0.2) is 5.17 Å². The zero-order chi connectivity index (χ0) is 32.6. The van der Waals surface area contributed by atoms with Crippen LogP contribution in [0.3, 0.4) is 0 Å². The van der Waals surface area contributed by atoms with E-state index in [2.05, 4.69) is 17.6 Å². The van der Waals surface area contributed by atoms with E-state index in [-0.39, 0.29) is 21.3 Å². The number of carbonyl (C=O) groups is 3. The van der Waals surface area contributed by atoms with E-state index in [4.69, 9.17) is 14.5 Å². The highest BCUT2D eigenvalue weighted by atomic mass is 32.2. The van der Waals surface area contributed by atoms with Gasteiger partial charge in [0, 0.05) is 21.5 Å². The van der Waals surface area contributed by atoms with Gasteiger partial charge in [0.25, 0.3) is 5.91 Å². The Bertz CT molecular complexity index is 1220. The van der Waals surface area contributed by atoms with Gasteiger partial charge >= 0.3 is 6.09 Å². The quantitative estimate of drug-likeness (QED) is 0.273. The van der Waals surface area contributed by atoms with Gasteiger partial charge in [-0.2, -0.15) is 0 Å². The van der Waals surface area contributed by atoms with Crippen LogP contribution in [0.5, 0.6) is 5.75 Å². The number of amidine groups is 1. The molecule has 4 atom stereocenters. The summed E-state index contributed by atoms with van der Waals surface area (Å²) in [6.45, 7) is 13.5. The Hall–Kier alpha value is -2.75. The van der Waals surface area contributed by atoms with Gasteiger partial charge < -0.3 is 25.0 Å². The van der Waals surface area contributed by atoms with Crippen LogP contribution in [0.2, 0.25) is 0 Å². The Kier molecular flexibility index (Phi) is 12.2. The van der Waals surface area contributed by atoms with E-state index < -0.39 is 16.4 Å². The van der Waals surface area contributed by atoms with Crippen molar-refractivity contribution in [3.8, 4) is 5.75 Å². The number of nitrogens with one attached hydrogen (secondary N) is 2. The summed E-state index contributed by atoms with van der Waals surface area (Å²) in [6, 6.07) is 7.58. The fourth-order valence-electron chi connectivity index (χ4n) is 6.92. The molecule has 4 fully saturated rings. The number of fused-ring (bicyclic) bond motifs is 2. The molecule has 0 radical (unpaired) electrons. The number of benzene rings is 1. The molecule has 10 heteroatoms. The van der Waals surface area contributed by atoms with E-state index >= 15 is 0 Å². The van der Waals surface area contributed by atoms with Crippen molar-refractivity contribution in [2.45, 2.75) is 116 Å². The second-order valence-electron chi connectivity index (χ2n) is 13.9. The first-order chi connectivity index (χ1) is 21.5. The molecule has 4 aliphatic rings. The van der Waals surface area contributed by atoms with Crippen molar-refractivity contribution in [2.24, 2.45) is 22.7 Å². The van der Waals surface area contributed by atoms with E-state index in [0.717, 1.165) is 36.8 Å². The molecule has 2 saturated heterocycles. The number of nitrogens with zero attached hydrogens (tertiary/aromatic N) is 2. The highest BCUT2D eigenvalue weighted by Gasteiger charge is 2.44. The first-order valence-corrected chi connectivity index (χ1v) is 17.9. The summed E-state index contributed by atoms with van der Waals surface area (Å²) in [5, 5.41) is 6.60. The van der Waals surface area contributed by atoms with Gasteiger partial charge in [-0.25, -0.2) is 4.79 Å². The summed E-state index contributed by atoms with van der Waals surface area (Å²) in [4.78, 5) is 45.0. The van der Waals surface area contributed by atoms with Crippen LogP contribution in [0.1, 0.15) is 113 Å². The number of aliphatic imine (C=N–C) groups is 1. The molecule has 2 aliphatic heterocycles. The molecule has 3 amide bonds. The minimum Gasteiger partial charge on any atom is -0.492 e. The van der Waals surface area contributed by atoms with Crippen molar-refractivity contribution in [1.29, 1.82) is 0 Å². The molecule has 0 aromatic heterocycles. The maximum Gasteiger partial charge on any atom is 0.407 e. The molecule has 2 bridgehead atoms. The number of hydrogen-bond donors (Lipinski definition) is 2. The molecule has 3 unspecified atom stereocenters. The predicted octanol–water partition coefficient (Wildman–Crippen LogP) is 7.30. The molecule has 1 aromatic rings. The molecule has 5 rings (SSSR count). The van der Waals surface area contributed by atoms with Crippen LogP contribution in [-0.4, -0.2) is 70.6 Å². The molecule has 9 nitrogen and oxygen atoms in total. The van der Waals surface area contributed by atoms with E-state index in [1.807, 2.05) is 57.7 Å². The summed E-state index contributed by atoms with van der Waals surface area (Å²) < 4.78 is 10.5. The third kappa shape index (κ3) is 9.87. The van der Waals surface area contributed by atoms with Crippen LogP contribution in [0.25, 0.3) is 0 Å². The van der Waals surface area contributed by atoms with Crippen LogP contribution in [-0.2, 0) is 9.53 Å². The number of amides is 3. The van der Waals surface area contributed by atoms with E-state index in [1.54, 1.807) is 17.8 Å². The topological polar surface area (TPSA) is 109 Å². The number of hydrogen-bond acceptors (Lipinski definition) is 7. The SMILES string of the molecule is CC.CC(C)(C)OC(=O)NCCOc1cccc(C(=O)N2CCC(CCC3(C)SC(=N[C@H]4CC5CCCC4C5)NC3=O)CC2)c1.[HH].[HH]. The Morgan fingerprint density at radius 3 is 2.62 bits per heavy atom. The first kappa shape index (κ1) is 35.1. The lowest BCUT2D eigenvalue weighted by atomic mass is 9.88. The van der Waals surface area contributed by atoms with Crippen molar-refractivity contribution in [1.82, 2.24) is 15.5 Å². The maximum atomic E-state index is 13.2. The smallest absolute Gasteiger partial charge is 0.407 e. The van der Waals surface area contributed by atoms with Crippen molar-refractivity contribution in [3.05, 3.63) is 29.8 Å². The fraction of sp³-hybridized carbons (Fsp3) is 0.714. The number of carbonyl (C=O) groups excluding carboxylic acids is 3. The van der Waals surface area contributed by atoms with Crippen LogP contribution < -0.4 is 15.4 Å². The largest absolute Gasteiger partial charge is 0.492 e. The molecule has 2 N–H and O–H groups in total. The first-order valence-electron chi connectivity index (χ1n) is 17.0. The third-order valence-corrected chi connectivity index (χ3v) is 10.5.